The Balaban J connectivity index is 2.51. The molecule has 0 atom stereocenters. The summed E-state index contributed by atoms with van der Waals surface area (Å²) in [6.45, 7) is 4.87. The van der Waals surface area contributed by atoms with Gasteiger partial charge in [-0.2, -0.15) is 0 Å². The predicted octanol–water partition coefficient (Wildman–Crippen LogP) is 2.09. The van der Waals surface area contributed by atoms with Crippen LogP contribution in [0.5, 0.6) is 0 Å². The van der Waals surface area contributed by atoms with Gasteiger partial charge >= 0.3 is 0 Å². The van der Waals surface area contributed by atoms with Crippen molar-refractivity contribution < 1.29 is 5.11 Å². The van der Waals surface area contributed by atoms with Gasteiger partial charge in [-0.05, 0) is 35.8 Å². The normalized spacial score (nSPS) is 10.2. The number of nitrogens with one attached hydrogen (secondary N) is 2. The van der Waals surface area contributed by atoms with Crippen LogP contribution in [0.15, 0.2) is 24.3 Å². The van der Waals surface area contributed by atoms with Crippen molar-refractivity contribution >= 4 is 23.0 Å². The van der Waals surface area contributed by atoms with Crippen molar-refractivity contribution in [2.75, 3.05) is 18.5 Å². The number of aliphatic hydroxyl groups excluding tert-OH is 1. The Morgan fingerprint density at radius 3 is 2.44 bits per heavy atom. The van der Waals surface area contributed by atoms with Crippen molar-refractivity contribution in [1.29, 1.82) is 0 Å². The Morgan fingerprint density at radius 1 is 1.31 bits per heavy atom. The average Bonchev–Trinajstić information content (AvgIpc) is 2.27. The first kappa shape index (κ1) is 12.9. The van der Waals surface area contributed by atoms with E-state index >= 15 is 0 Å². The van der Waals surface area contributed by atoms with Crippen LogP contribution in [0, 0.1) is 0 Å². The van der Waals surface area contributed by atoms with Gasteiger partial charge in [-0.3, -0.25) is 0 Å². The third kappa shape index (κ3) is 4.16. The monoisotopic (exact) mass is 238 g/mol. The van der Waals surface area contributed by atoms with Crippen LogP contribution in [-0.4, -0.2) is 23.4 Å². The number of hydrogen-bond acceptors (Lipinski definition) is 2. The zero-order valence-electron chi connectivity index (χ0n) is 9.66. The Morgan fingerprint density at radius 2 is 1.94 bits per heavy atom. The fourth-order valence-corrected chi connectivity index (χ4v) is 1.52. The maximum absolute atomic E-state index is 8.63. The van der Waals surface area contributed by atoms with Gasteiger partial charge in [0, 0.05) is 12.2 Å². The lowest BCUT2D eigenvalue weighted by Crippen LogP contribution is -2.30. The van der Waals surface area contributed by atoms with E-state index in [-0.39, 0.29) is 6.61 Å². The molecule has 16 heavy (non-hydrogen) atoms. The summed E-state index contributed by atoms with van der Waals surface area (Å²) in [6, 6.07) is 8.17. The Labute approximate surface area is 102 Å². The van der Waals surface area contributed by atoms with Crippen LogP contribution in [0.1, 0.15) is 25.3 Å². The number of thiocarbonyl (C=S) groups is 1. The second-order valence-electron chi connectivity index (χ2n) is 3.88. The summed E-state index contributed by atoms with van der Waals surface area (Å²) in [5, 5.41) is 15.1. The molecule has 0 saturated heterocycles. The van der Waals surface area contributed by atoms with E-state index in [4.69, 9.17) is 17.3 Å². The molecule has 0 saturated carbocycles. The van der Waals surface area contributed by atoms with Crippen LogP contribution in [0.4, 0.5) is 5.69 Å². The van der Waals surface area contributed by atoms with E-state index in [9.17, 15) is 0 Å². The van der Waals surface area contributed by atoms with E-state index in [1.54, 1.807) is 0 Å². The first-order valence-corrected chi connectivity index (χ1v) is 5.80. The molecule has 0 amide bonds. The van der Waals surface area contributed by atoms with Crippen LogP contribution in [0.3, 0.4) is 0 Å². The highest BCUT2D eigenvalue weighted by Gasteiger charge is 2.00. The molecular weight excluding hydrogens is 220 g/mol. The second kappa shape index (κ2) is 6.45. The van der Waals surface area contributed by atoms with Gasteiger partial charge < -0.3 is 15.7 Å². The molecule has 0 unspecified atom stereocenters. The molecule has 3 nitrogen and oxygen atoms in total. The lowest BCUT2D eigenvalue weighted by Gasteiger charge is -2.11. The molecule has 4 heteroatoms. The lowest BCUT2D eigenvalue weighted by molar-refractivity contribution is 0.301. The van der Waals surface area contributed by atoms with Gasteiger partial charge in [-0.1, -0.05) is 26.0 Å². The third-order valence-corrected chi connectivity index (χ3v) is 2.48. The highest BCUT2D eigenvalue weighted by Crippen LogP contribution is 2.16. The van der Waals surface area contributed by atoms with E-state index in [0.29, 0.717) is 17.6 Å². The number of anilines is 1. The molecule has 0 aliphatic carbocycles. The Hall–Kier alpha value is -1.13. The highest BCUT2D eigenvalue weighted by molar-refractivity contribution is 7.80. The molecule has 0 aliphatic heterocycles. The minimum Gasteiger partial charge on any atom is -0.395 e. The maximum Gasteiger partial charge on any atom is 0.170 e. The van der Waals surface area contributed by atoms with Crippen LogP contribution < -0.4 is 10.6 Å². The average molecular weight is 238 g/mol. The molecule has 1 aromatic carbocycles. The number of aliphatic hydroxyl groups is 1. The lowest BCUT2D eigenvalue weighted by atomic mass is 10.0. The molecule has 88 valence electrons. The molecule has 3 N–H and O–H groups in total. The standard InChI is InChI=1S/C12H18N2OS/c1-9(2)10-3-5-11(6-4-10)14-12(16)13-7-8-15/h3-6,9,15H,7-8H2,1-2H3,(H2,13,14,16). The summed E-state index contributed by atoms with van der Waals surface area (Å²) < 4.78 is 0. The van der Waals surface area contributed by atoms with Crippen molar-refractivity contribution in [2.24, 2.45) is 0 Å². The van der Waals surface area contributed by atoms with Crippen LogP contribution in [0.2, 0.25) is 0 Å². The SMILES string of the molecule is CC(C)c1ccc(NC(=S)NCCO)cc1. The molecule has 0 aromatic heterocycles. The zero-order valence-corrected chi connectivity index (χ0v) is 10.5. The van der Waals surface area contributed by atoms with Crippen LogP contribution >= 0.6 is 12.2 Å². The summed E-state index contributed by atoms with van der Waals surface area (Å²) in [5.41, 5.74) is 2.26. The van der Waals surface area contributed by atoms with E-state index in [2.05, 4.69) is 36.6 Å². The molecule has 0 aliphatic rings. The molecule has 0 spiro atoms. The summed E-state index contributed by atoms with van der Waals surface area (Å²) >= 11 is 5.05. The van der Waals surface area contributed by atoms with Crippen LogP contribution in [0.25, 0.3) is 0 Å². The largest absolute Gasteiger partial charge is 0.395 e. The first-order valence-electron chi connectivity index (χ1n) is 5.39. The molecule has 1 aromatic rings. The van der Waals surface area contributed by atoms with Crippen molar-refractivity contribution in [1.82, 2.24) is 5.32 Å². The molecule has 0 heterocycles. The number of benzene rings is 1. The Bertz CT molecular complexity index is 335. The topological polar surface area (TPSA) is 44.3 Å². The summed E-state index contributed by atoms with van der Waals surface area (Å²) in [4.78, 5) is 0. The first-order chi connectivity index (χ1) is 7.63. The Kier molecular flexibility index (Phi) is 5.22. The smallest absolute Gasteiger partial charge is 0.170 e. The fourth-order valence-electron chi connectivity index (χ4n) is 1.30. The van der Waals surface area contributed by atoms with E-state index in [1.165, 1.54) is 5.56 Å². The molecule has 0 radical (unpaired) electrons. The number of rotatable bonds is 4. The summed E-state index contributed by atoms with van der Waals surface area (Å²) in [5.74, 6) is 0.536. The van der Waals surface area contributed by atoms with E-state index < -0.39 is 0 Å². The van der Waals surface area contributed by atoms with Crippen molar-refractivity contribution in [2.45, 2.75) is 19.8 Å². The van der Waals surface area contributed by atoms with Crippen molar-refractivity contribution in [3.8, 4) is 0 Å². The van der Waals surface area contributed by atoms with Gasteiger partial charge in [0.05, 0.1) is 6.61 Å². The maximum atomic E-state index is 8.63. The van der Waals surface area contributed by atoms with E-state index in [1.807, 2.05) is 12.1 Å². The van der Waals surface area contributed by atoms with Gasteiger partial charge in [-0.15, -0.1) is 0 Å². The second-order valence-corrected chi connectivity index (χ2v) is 4.29. The zero-order chi connectivity index (χ0) is 12.0. The molecule has 1 rings (SSSR count). The molecular formula is C12H18N2OS. The molecule has 0 bridgehead atoms. The fraction of sp³-hybridized carbons (Fsp3) is 0.417. The third-order valence-electron chi connectivity index (χ3n) is 2.23. The van der Waals surface area contributed by atoms with Gasteiger partial charge in [-0.25, -0.2) is 0 Å². The van der Waals surface area contributed by atoms with Crippen molar-refractivity contribution in [3.63, 3.8) is 0 Å². The quantitative estimate of drug-likeness (QED) is 0.703. The number of hydrogen-bond donors (Lipinski definition) is 3. The minimum absolute atomic E-state index is 0.0775. The van der Waals surface area contributed by atoms with Gasteiger partial charge in [0.25, 0.3) is 0 Å². The van der Waals surface area contributed by atoms with Crippen LogP contribution in [-0.2, 0) is 0 Å². The van der Waals surface area contributed by atoms with Crippen molar-refractivity contribution in [3.05, 3.63) is 29.8 Å². The summed E-state index contributed by atoms with van der Waals surface area (Å²) in [7, 11) is 0. The minimum atomic E-state index is 0.0775. The van der Waals surface area contributed by atoms with Gasteiger partial charge in [0.2, 0.25) is 0 Å². The van der Waals surface area contributed by atoms with Gasteiger partial charge in [0.15, 0.2) is 5.11 Å². The highest BCUT2D eigenvalue weighted by atomic mass is 32.1. The van der Waals surface area contributed by atoms with E-state index in [0.717, 1.165) is 5.69 Å². The predicted molar refractivity (Wildman–Crippen MR) is 71.8 cm³/mol. The van der Waals surface area contributed by atoms with Gasteiger partial charge in [0.1, 0.15) is 0 Å². The molecule has 0 fully saturated rings. The summed E-state index contributed by atoms with van der Waals surface area (Å²) in [6.07, 6.45) is 0.